The molecule has 0 heterocycles. The van der Waals surface area contributed by atoms with Crippen LogP contribution in [0.3, 0.4) is 0 Å². The van der Waals surface area contributed by atoms with E-state index in [1.54, 1.807) is 0 Å². The standard InChI is InChI=1S/C10H22O3/c1-4-5-8(11)10(13)9(12)6-7(2)3/h7-13H,4-6H2,1-3H3. The van der Waals surface area contributed by atoms with Crippen LogP contribution in [0.15, 0.2) is 0 Å². The van der Waals surface area contributed by atoms with E-state index in [2.05, 4.69) is 0 Å². The summed E-state index contributed by atoms with van der Waals surface area (Å²) < 4.78 is 0. The van der Waals surface area contributed by atoms with E-state index in [0.29, 0.717) is 18.8 Å². The van der Waals surface area contributed by atoms with Gasteiger partial charge < -0.3 is 15.3 Å². The van der Waals surface area contributed by atoms with E-state index in [1.807, 2.05) is 20.8 Å². The van der Waals surface area contributed by atoms with Gasteiger partial charge in [0, 0.05) is 0 Å². The predicted octanol–water partition coefficient (Wildman–Crippen LogP) is 0.915. The van der Waals surface area contributed by atoms with Crippen molar-refractivity contribution >= 4 is 0 Å². The van der Waals surface area contributed by atoms with Crippen molar-refractivity contribution in [3.05, 3.63) is 0 Å². The van der Waals surface area contributed by atoms with E-state index in [1.165, 1.54) is 0 Å². The first-order chi connectivity index (χ1) is 5.99. The average molecular weight is 190 g/mol. The predicted molar refractivity (Wildman–Crippen MR) is 52.4 cm³/mol. The second-order valence-electron chi connectivity index (χ2n) is 4.04. The minimum atomic E-state index is -0.998. The van der Waals surface area contributed by atoms with Crippen molar-refractivity contribution in [3.63, 3.8) is 0 Å². The largest absolute Gasteiger partial charge is 0.390 e. The second-order valence-corrected chi connectivity index (χ2v) is 4.04. The Balaban J connectivity index is 3.85. The van der Waals surface area contributed by atoms with E-state index in [0.717, 1.165) is 6.42 Å². The summed E-state index contributed by atoms with van der Waals surface area (Å²) in [4.78, 5) is 0. The van der Waals surface area contributed by atoms with Crippen molar-refractivity contribution in [2.45, 2.75) is 58.3 Å². The van der Waals surface area contributed by atoms with Crippen LogP contribution in [-0.4, -0.2) is 33.6 Å². The lowest BCUT2D eigenvalue weighted by atomic mass is 9.97. The van der Waals surface area contributed by atoms with Gasteiger partial charge in [-0.05, 0) is 18.8 Å². The minimum Gasteiger partial charge on any atom is -0.390 e. The molecule has 0 aliphatic rings. The molecule has 0 spiro atoms. The van der Waals surface area contributed by atoms with Gasteiger partial charge in [-0.1, -0.05) is 27.2 Å². The molecular formula is C10H22O3. The lowest BCUT2D eigenvalue weighted by Crippen LogP contribution is -2.37. The van der Waals surface area contributed by atoms with E-state index in [4.69, 9.17) is 0 Å². The summed E-state index contributed by atoms with van der Waals surface area (Å²) in [6, 6.07) is 0. The van der Waals surface area contributed by atoms with Gasteiger partial charge in [0.15, 0.2) is 0 Å². The Morgan fingerprint density at radius 1 is 1.00 bits per heavy atom. The van der Waals surface area contributed by atoms with Crippen molar-refractivity contribution in [2.75, 3.05) is 0 Å². The Morgan fingerprint density at radius 2 is 1.54 bits per heavy atom. The topological polar surface area (TPSA) is 60.7 Å². The van der Waals surface area contributed by atoms with Gasteiger partial charge in [-0.3, -0.25) is 0 Å². The third kappa shape index (κ3) is 5.24. The first-order valence-electron chi connectivity index (χ1n) is 5.03. The van der Waals surface area contributed by atoms with Crippen LogP contribution in [0.2, 0.25) is 0 Å². The SMILES string of the molecule is CCCC(O)C(O)C(O)CC(C)C. The molecule has 3 unspecified atom stereocenters. The molecule has 3 heteroatoms. The van der Waals surface area contributed by atoms with Crippen LogP contribution in [0.1, 0.15) is 40.0 Å². The minimum absolute atomic E-state index is 0.332. The van der Waals surface area contributed by atoms with Gasteiger partial charge >= 0.3 is 0 Å². The molecule has 0 aliphatic heterocycles. The normalized spacial score (nSPS) is 18.7. The van der Waals surface area contributed by atoms with Crippen molar-refractivity contribution in [2.24, 2.45) is 5.92 Å². The summed E-state index contributed by atoms with van der Waals surface area (Å²) in [7, 11) is 0. The van der Waals surface area contributed by atoms with Crippen LogP contribution >= 0.6 is 0 Å². The summed E-state index contributed by atoms with van der Waals surface area (Å²) in [6.07, 6.45) is -0.715. The van der Waals surface area contributed by atoms with Crippen LogP contribution < -0.4 is 0 Å². The molecule has 3 nitrogen and oxygen atoms in total. The van der Waals surface area contributed by atoms with Crippen molar-refractivity contribution in [1.29, 1.82) is 0 Å². The molecule has 0 saturated heterocycles. The Bertz CT molecular complexity index is 125. The smallest absolute Gasteiger partial charge is 0.106 e. The molecule has 0 rings (SSSR count). The average Bonchev–Trinajstić information content (AvgIpc) is 2.02. The maximum absolute atomic E-state index is 9.48. The first-order valence-corrected chi connectivity index (χ1v) is 5.03. The highest BCUT2D eigenvalue weighted by Crippen LogP contribution is 2.13. The molecule has 0 aromatic rings. The highest BCUT2D eigenvalue weighted by Gasteiger charge is 2.24. The van der Waals surface area contributed by atoms with Gasteiger partial charge in [0.05, 0.1) is 12.2 Å². The molecule has 0 bridgehead atoms. The molecule has 0 fully saturated rings. The van der Waals surface area contributed by atoms with Crippen LogP contribution in [0, 0.1) is 5.92 Å². The van der Waals surface area contributed by atoms with Crippen LogP contribution in [0.4, 0.5) is 0 Å². The fourth-order valence-corrected chi connectivity index (χ4v) is 1.35. The summed E-state index contributed by atoms with van der Waals surface area (Å²) in [5.74, 6) is 0.332. The molecule has 0 aromatic heterocycles. The molecule has 0 aromatic carbocycles. The van der Waals surface area contributed by atoms with E-state index in [9.17, 15) is 15.3 Å². The molecule has 0 amide bonds. The quantitative estimate of drug-likeness (QED) is 0.583. The summed E-state index contributed by atoms with van der Waals surface area (Å²) in [6.45, 7) is 5.88. The molecular weight excluding hydrogens is 168 g/mol. The van der Waals surface area contributed by atoms with E-state index >= 15 is 0 Å². The van der Waals surface area contributed by atoms with Gasteiger partial charge in [-0.25, -0.2) is 0 Å². The van der Waals surface area contributed by atoms with Crippen molar-refractivity contribution < 1.29 is 15.3 Å². The fourth-order valence-electron chi connectivity index (χ4n) is 1.35. The van der Waals surface area contributed by atoms with E-state index in [-0.39, 0.29) is 0 Å². The second kappa shape index (κ2) is 6.35. The zero-order chi connectivity index (χ0) is 10.4. The Hall–Kier alpha value is -0.120. The Kier molecular flexibility index (Phi) is 6.29. The molecule has 0 saturated carbocycles. The van der Waals surface area contributed by atoms with Crippen molar-refractivity contribution in [3.8, 4) is 0 Å². The van der Waals surface area contributed by atoms with Crippen LogP contribution in [0.5, 0.6) is 0 Å². The Labute approximate surface area is 80.4 Å². The van der Waals surface area contributed by atoms with Crippen LogP contribution in [-0.2, 0) is 0 Å². The first kappa shape index (κ1) is 12.9. The molecule has 3 atom stereocenters. The number of aliphatic hydroxyl groups is 3. The zero-order valence-electron chi connectivity index (χ0n) is 8.77. The fraction of sp³-hybridized carbons (Fsp3) is 1.00. The number of aliphatic hydroxyl groups excluding tert-OH is 3. The molecule has 0 aliphatic carbocycles. The van der Waals surface area contributed by atoms with Crippen LogP contribution in [0.25, 0.3) is 0 Å². The van der Waals surface area contributed by atoms with Gasteiger partial charge in [0.2, 0.25) is 0 Å². The third-order valence-corrected chi connectivity index (χ3v) is 2.09. The Morgan fingerprint density at radius 3 is 1.92 bits per heavy atom. The van der Waals surface area contributed by atoms with Gasteiger partial charge in [-0.2, -0.15) is 0 Å². The summed E-state index contributed by atoms with van der Waals surface area (Å²) in [5.41, 5.74) is 0. The number of rotatable bonds is 6. The molecule has 80 valence electrons. The van der Waals surface area contributed by atoms with E-state index < -0.39 is 18.3 Å². The monoisotopic (exact) mass is 190 g/mol. The summed E-state index contributed by atoms with van der Waals surface area (Å²) in [5, 5.41) is 28.3. The highest BCUT2D eigenvalue weighted by atomic mass is 16.4. The zero-order valence-corrected chi connectivity index (χ0v) is 8.77. The number of hydrogen-bond donors (Lipinski definition) is 3. The van der Waals surface area contributed by atoms with Gasteiger partial charge in [0.25, 0.3) is 0 Å². The van der Waals surface area contributed by atoms with Crippen molar-refractivity contribution in [1.82, 2.24) is 0 Å². The highest BCUT2D eigenvalue weighted by molar-refractivity contribution is 4.75. The molecule has 13 heavy (non-hydrogen) atoms. The lowest BCUT2D eigenvalue weighted by molar-refractivity contribution is -0.0677. The lowest BCUT2D eigenvalue weighted by Gasteiger charge is -2.23. The molecule has 0 radical (unpaired) electrons. The maximum atomic E-state index is 9.48. The third-order valence-electron chi connectivity index (χ3n) is 2.09. The maximum Gasteiger partial charge on any atom is 0.106 e. The summed E-state index contributed by atoms with van der Waals surface area (Å²) >= 11 is 0. The number of hydrogen-bond acceptors (Lipinski definition) is 3. The molecule has 3 N–H and O–H groups in total. The van der Waals surface area contributed by atoms with Gasteiger partial charge in [-0.15, -0.1) is 0 Å². The van der Waals surface area contributed by atoms with Gasteiger partial charge in [0.1, 0.15) is 6.10 Å².